The number of aromatic nitrogens is 2. The zero-order valence-electron chi connectivity index (χ0n) is 7.62. The number of aromatic amines is 1. The second kappa shape index (κ2) is 3.35. The third-order valence-corrected chi connectivity index (χ3v) is 2.29. The van der Waals surface area contributed by atoms with Gasteiger partial charge >= 0.3 is 0 Å². The molecule has 0 aliphatic rings. The fourth-order valence-corrected chi connectivity index (χ4v) is 1.50. The van der Waals surface area contributed by atoms with E-state index < -0.39 is 0 Å². The lowest BCUT2D eigenvalue weighted by molar-refractivity contribution is 0.102. The van der Waals surface area contributed by atoms with Crippen LogP contribution in [-0.2, 0) is 7.05 Å². The van der Waals surface area contributed by atoms with Gasteiger partial charge in [-0.2, -0.15) is 0 Å². The Bertz CT molecular complexity index is 470. The van der Waals surface area contributed by atoms with Gasteiger partial charge in [-0.15, -0.1) is 0 Å². The summed E-state index contributed by atoms with van der Waals surface area (Å²) in [6, 6.07) is 6.95. The molecule has 0 unspecified atom stereocenters. The van der Waals surface area contributed by atoms with Crippen molar-refractivity contribution in [2.45, 2.75) is 0 Å². The molecule has 0 bridgehead atoms. The van der Waals surface area contributed by atoms with Gasteiger partial charge in [-0.05, 0) is 24.3 Å². The Kier molecular flexibility index (Phi) is 2.17. The van der Waals surface area contributed by atoms with Crippen molar-refractivity contribution >= 4 is 17.4 Å². The summed E-state index contributed by atoms with van der Waals surface area (Å²) < 4.78 is 1.77. The number of hydrogen-bond acceptors (Lipinski definition) is 1. The Morgan fingerprint density at radius 1 is 1.43 bits per heavy atom. The Hall–Kier alpha value is -1.48. The predicted molar refractivity (Wildman–Crippen MR) is 54.6 cm³/mol. The predicted octanol–water partition coefficient (Wildman–Crippen LogP) is 2.24. The van der Waals surface area contributed by atoms with Crippen LogP contribution in [0.2, 0.25) is 5.15 Å². The van der Waals surface area contributed by atoms with E-state index in [9.17, 15) is 4.79 Å². The molecule has 4 heteroatoms. The van der Waals surface area contributed by atoms with E-state index in [1.165, 1.54) is 0 Å². The molecule has 0 atom stereocenters. The van der Waals surface area contributed by atoms with E-state index in [2.05, 4.69) is 4.98 Å². The smallest absolute Gasteiger partial charge is 0.225 e. The monoisotopic (exact) mass is 208 g/mol. The number of H-pyrrole nitrogens is 1. The fourth-order valence-electron chi connectivity index (χ4n) is 1.34. The van der Waals surface area contributed by atoms with Gasteiger partial charge in [-0.3, -0.25) is 4.79 Å². The van der Waals surface area contributed by atoms with Gasteiger partial charge in [-0.1, -0.05) is 11.6 Å². The maximum absolute atomic E-state index is 11.8. The molecule has 2 rings (SSSR count). The summed E-state index contributed by atoms with van der Waals surface area (Å²) in [5.41, 5.74) is 1.15. The maximum Gasteiger partial charge on any atom is 0.225 e. The molecule has 0 amide bonds. The summed E-state index contributed by atoms with van der Waals surface area (Å²) in [6.45, 7) is 0. The summed E-state index contributed by atoms with van der Waals surface area (Å²) in [4.78, 5) is 14.6. The molecule has 0 aromatic carbocycles. The number of carbonyl (C=O) groups excluding carboxylic acids is 1. The summed E-state index contributed by atoms with van der Waals surface area (Å²) in [5, 5.41) is 0.475. The van der Waals surface area contributed by atoms with Crippen molar-refractivity contribution in [3.05, 3.63) is 47.0 Å². The van der Waals surface area contributed by atoms with E-state index in [1.54, 1.807) is 22.8 Å². The summed E-state index contributed by atoms with van der Waals surface area (Å²) in [7, 11) is 1.83. The topological polar surface area (TPSA) is 37.8 Å². The molecular formula is C10H9ClN2O. The van der Waals surface area contributed by atoms with Crippen LogP contribution in [0.5, 0.6) is 0 Å². The lowest BCUT2D eigenvalue weighted by atomic mass is 10.2. The Balaban J connectivity index is 2.38. The van der Waals surface area contributed by atoms with Crippen LogP contribution < -0.4 is 0 Å². The number of aryl methyl sites for hydroxylation is 1. The summed E-state index contributed by atoms with van der Waals surface area (Å²) in [6.07, 6.45) is 1.83. The van der Waals surface area contributed by atoms with Gasteiger partial charge in [0.1, 0.15) is 5.15 Å². The molecule has 0 radical (unpaired) electrons. The minimum atomic E-state index is -0.0515. The highest BCUT2D eigenvalue weighted by Gasteiger charge is 2.12. The van der Waals surface area contributed by atoms with Gasteiger partial charge in [0, 0.05) is 13.2 Å². The lowest BCUT2D eigenvalue weighted by Crippen LogP contribution is -2.06. The quantitative estimate of drug-likeness (QED) is 0.756. The molecule has 72 valence electrons. The third kappa shape index (κ3) is 1.46. The van der Waals surface area contributed by atoms with Crippen LogP contribution in [-0.4, -0.2) is 15.3 Å². The van der Waals surface area contributed by atoms with Crippen LogP contribution in [0.25, 0.3) is 0 Å². The average molecular weight is 209 g/mol. The number of carbonyl (C=O) groups is 1. The summed E-state index contributed by atoms with van der Waals surface area (Å²) in [5.74, 6) is -0.0515. The number of ketones is 1. The molecule has 0 saturated heterocycles. The van der Waals surface area contributed by atoms with Gasteiger partial charge in [0.25, 0.3) is 0 Å². The van der Waals surface area contributed by atoms with Crippen molar-refractivity contribution in [3.8, 4) is 0 Å². The number of nitrogens with zero attached hydrogens (tertiary/aromatic N) is 1. The van der Waals surface area contributed by atoms with E-state index in [-0.39, 0.29) is 5.78 Å². The molecule has 0 spiro atoms. The molecular weight excluding hydrogens is 200 g/mol. The van der Waals surface area contributed by atoms with E-state index >= 15 is 0 Å². The van der Waals surface area contributed by atoms with E-state index in [4.69, 9.17) is 11.6 Å². The third-order valence-electron chi connectivity index (χ3n) is 2.07. The van der Waals surface area contributed by atoms with Crippen LogP contribution >= 0.6 is 11.6 Å². The van der Waals surface area contributed by atoms with Crippen molar-refractivity contribution < 1.29 is 4.79 Å². The highest BCUT2D eigenvalue weighted by Crippen LogP contribution is 2.12. The van der Waals surface area contributed by atoms with Crippen molar-refractivity contribution in [3.63, 3.8) is 0 Å². The number of nitrogens with one attached hydrogen (secondary N) is 1. The van der Waals surface area contributed by atoms with Crippen LogP contribution in [0.4, 0.5) is 0 Å². The van der Waals surface area contributed by atoms with Gasteiger partial charge in [-0.25, -0.2) is 0 Å². The molecule has 1 N–H and O–H groups in total. The molecule has 2 aromatic rings. The SMILES string of the molecule is Cn1cccc1C(=O)c1ccc(Cl)[nH]1. The van der Waals surface area contributed by atoms with Gasteiger partial charge in [0.05, 0.1) is 11.4 Å². The second-order valence-corrected chi connectivity index (χ2v) is 3.46. The first kappa shape index (κ1) is 9.09. The number of rotatable bonds is 2. The van der Waals surface area contributed by atoms with Gasteiger partial charge < -0.3 is 9.55 Å². The van der Waals surface area contributed by atoms with Crippen LogP contribution in [0.3, 0.4) is 0 Å². The van der Waals surface area contributed by atoms with Crippen molar-refractivity contribution in [2.75, 3.05) is 0 Å². The van der Waals surface area contributed by atoms with Crippen LogP contribution in [0, 0.1) is 0 Å². The van der Waals surface area contributed by atoms with E-state index in [0.717, 1.165) is 0 Å². The Morgan fingerprint density at radius 2 is 2.21 bits per heavy atom. The van der Waals surface area contributed by atoms with Gasteiger partial charge in [0.2, 0.25) is 5.78 Å². The highest BCUT2D eigenvalue weighted by molar-refractivity contribution is 6.29. The zero-order valence-corrected chi connectivity index (χ0v) is 8.38. The van der Waals surface area contributed by atoms with Crippen molar-refractivity contribution in [1.29, 1.82) is 0 Å². The molecule has 0 saturated carbocycles. The van der Waals surface area contributed by atoms with Gasteiger partial charge in [0.15, 0.2) is 0 Å². The van der Waals surface area contributed by atoms with Crippen LogP contribution in [0.1, 0.15) is 16.2 Å². The normalized spacial score (nSPS) is 10.4. The van der Waals surface area contributed by atoms with Crippen LogP contribution in [0.15, 0.2) is 30.5 Å². The first-order valence-corrected chi connectivity index (χ1v) is 4.57. The van der Waals surface area contributed by atoms with E-state index in [1.807, 2.05) is 19.3 Å². The standard InChI is InChI=1S/C10H9ClN2O/c1-13-6-2-3-8(13)10(14)7-4-5-9(11)12-7/h2-6,12H,1H3. The average Bonchev–Trinajstić information content (AvgIpc) is 2.73. The zero-order chi connectivity index (χ0) is 10.1. The largest absolute Gasteiger partial charge is 0.348 e. The minimum Gasteiger partial charge on any atom is -0.348 e. The summed E-state index contributed by atoms with van der Waals surface area (Å²) >= 11 is 5.69. The van der Waals surface area contributed by atoms with E-state index in [0.29, 0.717) is 16.5 Å². The maximum atomic E-state index is 11.8. The first-order chi connectivity index (χ1) is 6.68. The Morgan fingerprint density at radius 3 is 2.71 bits per heavy atom. The molecule has 0 aliphatic heterocycles. The number of hydrogen-bond donors (Lipinski definition) is 1. The molecule has 14 heavy (non-hydrogen) atoms. The Labute approximate surface area is 86.3 Å². The molecule has 0 fully saturated rings. The number of halogens is 1. The first-order valence-electron chi connectivity index (χ1n) is 4.19. The lowest BCUT2D eigenvalue weighted by Gasteiger charge is -1.99. The molecule has 0 aliphatic carbocycles. The minimum absolute atomic E-state index is 0.0515. The fraction of sp³-hybridized carbons (Fsp3) is 0.100. The van der Waals surface area contributed by atoms with Crippen molar-refractivity contribution in [1.82, 2.24) is 9.55 Å². The molecule has 2 heterocycles. The highest BCUT2D eigenvalue weighted by atomic mass is 35.5. The molecule has 3 nitrogen and oxygen atoms in total. The molecule has 2 aromatic heterocycles. The second-order valence-electron chi connectivity index (χ2n) is 3.05. The van der Waals surface area contributed by atoms with Crippen molar-refractivity contribution in [2.24, 2.45) is 7.05 Å².